The molecule has 1 aliphatic rings. The smallest absolute Gasteiger partial charge is 0.122 e. The zero-order valence-electron chi connectivity index (χ0n) is 10.7. The number of rotatable bonds is 2. The second kappa shape index (κ2) is 4.87. The highest BCUT2D eigenvalue weighted by molar-refractivity contribution is 6.32. The molecular weight excluding hydrogens is 260 g/mol. The Balaban J connectivity index is 2.00. The van der Waals surface area contributed by atoms with Gasteiger partial charge in [-0.05, 0) is 35.7 Å². The second-order valence-electron chi connectivity index (χ2n) is 4.85. The molecule has 2 nitrogen and oxygen atoms in total. The minimum atomic E-state index is -0.696. The van der Waals surface area contributed by atoms with Crippen molar-refractivity contribution in [2.45, 2.75) is 19.4 Å². The number of aliphatic hydroxyl groups excluding tert-OH is 1. The molecule has 0 aliphatic carbocycles. The molecule has 0 radical (unpaired) electrons. The molecule has 0 bridgehead atoms. The van der Waals surface area contributed by atoms with Gasteiger partial charge in [-0.25, -0.2) is 0 Å². The molecule has 1 heterocycles. The van der Waals surface area contributed by atoms with Gasteiger partial charge in [0.15, 0.2) is 0 Å². The predicted octanol–water partition coefficient (Wildman–Crippen LogP) is 3.67. The van der Waals surface area contributed by atoms with Crippen LogP contribution in [0.3, 0.4) is 0 Å². The Morgan fingerprint density at radius 1 is 1.26 bits per heavy atom. The van der Waals surface area contributed by atoms with Crippen molar-refractivity contribution >= 4 is 11.6 Å². The lowest BCUT2D eigenvalue weighted by molar-refractivity contribution is 0.220. The molecule has 0 fully saturated rings. The average molecular weight is 275 g/mol. The van der Waals surface area contributed by atoms with Gasteiger partial charge in [0.05, 0.1) is 6.61 Å². The minimum Gasteiger partial charge on any atom is -0.493 e. The van der Waals surface area contributed by atoms with Crippen LogP contribution in [0.5, 0.6) is 5.75 Å². The Labute approximate surface area is 117 Å². The maximum atomic E-state index is 10.5. The van der Waals surface area contributed by atoms with Gasteiger partial charge in [-0.1, -0.05) is 35.9 Å². The molecule has 0 saturated heterocycles. The van der Waals surface area contributed by atoms with Crippen LogP contribution in [-0.2, 0) is 6.42 Å². The van der Waals surface area contributed by atoms with Crippen LogP contribution >= 0.6 is 11.6 Å². The molecular formula is C16H15ClO2. The maximum absolute atomic E-state index is 10.5. The summed E-state index contributed by atoms with van der Waals surface area (Å²) in [5.41, 5.74) is 3.74. The zero-order valence-corrected chi connectivity index (χ0v) is 11.4. The molecule has 3 rings (SSSR count). The highest BCUT2D eigenvalue weighted by Gasteiger charge is 2.18. The number of hydrogen-bond acceptors (Lipinski definition) is 2. The van der Waals surface area contributed by atoms with E-state index in [0.29, 0.717) is 5.02 Å². The van der Waals surface area contributed by atoms with E-state index in [1.165, 1.54) is 0 Å². The lowest BCUT2D eigenvalue weighted by Gasteiger charge is -2.15. The van der Waals surface area contributed by atoms with Crippen LogP contribution < -0.4 is 4.74 Å². The van der Waals surface area contributed by atoms with E-state index in [2.05, 4.69) is 0 Å². The van der Waals surface area contributed by atoms with Crippen LogP contribution in [-0.4, -0.2) is 11.7 Å². The molecule has 0 saturated carbocycles. The van der Waals surface area contributed by atoms with Gasteiger partial charge in [-0.3, -0.25) is 0 Å². The number of benzene rings is 2. The fourth-order valence-corrected chi connectivity index (χ4v) is 2.67. The van der Waals surface area contributed by atoms with Crippen molar-refractivity contribution in [3.63, 3.8) is 0 Å². The summed E-state index contributed by atoms with van der Waals surface area (Å²) in [7, 11) is 0. The van der Waals surface area contributed by atoms with Gasteiger partial charge in [-0.15, -0.1) is 0 Å². The first-order chi connectivity index (χ1) is 9.16. The topological polar surface area (TPSA) is 29.5 Å². The van der Waals surface area contributed by atoms with Crippen molar-refractivity contribution < 1.29 is 9.84 Å². The monoisotopic (exact) mass is 274 g/mol. The molecule has 1 aliphatic heterocycles. The van der Waals surface area contributed by atoms with Crippen LogP contribution in [0, 0.1) is 6.92 Å². The molecule has 2 aromatic carbocycles. The van der Waals surface area contributed by atoms with Crippen molar-refractivity contribution in [3.8, 4) is 5.75 Å². The van der Waals surface area contributed by atoms with E-state index >= 15 is 0 Å². The molecule has 98 valence electrons. The Kier molecular flexibility index (Phi) is 3.21. The number of halogens is 1. The van der Waals surface area contributed by atoms with Gasteiger partial charge in [0, 0.05) is 17.0 Å². The van der Waals surface area contributed by atoms with Gasteiger partial charge in [0.2, 0.25) is 0 Å². The summed E-state index contributed by atoms with van der Waals surface area (Å²) in [4.78, 5) is 0. The molecule has 1 unspecified atom stereocenters. The third kappa shape index (κ3) is 2.22. The molecule has 0 amide bonds. The van der Waals surface area contributed by atoms with Gasteiger partial charge >= 0.3 is 0 Å². The summed E-state index contributed by atoms with van der Waals surface area (Å²) in [6.07, 6.45) is 0.204. The Morgan fingerprint density at radius 2 is 2.11 bits per heavy atom. The molecule has 1 N–H and O–H groups in total. The summed E-state index contributed by atoms with van der Waals surface area (Å²) in [6, 6.07) is 11.5. The third-order valence-corrected chi connectivity index (χ3v) is 4.06. The average Bonchev–Trinajstić information content (AvgIpc) is 2.88. The Morgan fingerprint density at radius 3 is 2.95 bits per heavy atom. The van der Waals surface area contributed by atoms with Crippen LogP contribution in [0.2, 0.25) is 5.02 Å². The molecule has 1 atom stereocenters. The number of aryl methyl sites for hydroxylation is 1. The van der Waals surface area contributed by atoms with E-state index < -0.39 is 6.10 Å². The minimum absolute atomic E-state index is 0.631. The molecule has 19 heavy (non-hydrogen) atoms. The second-order valence-corrected chi connectivity index (χ2v) is 5.22. The van der Waals surface area contributed by atoms with Gasteiger partial charge in [0.1, 0.15) is 11.9 Å². The van der Waals surface area contributed by atoms with Crippen molar-refractivity contribution in [1.29, 1.82) is 0 Å². The fourth-order valence-electron chi connectivity index (χ4n) is 2.44. The number of hydrogen-bond donors (Lipinski definition) is 1. The summed E-state index contributed by atoms with van der Waals surface area (Å²) >= 11 is 6.27. The van der Waals surface area contributed by atoms with Gasteiger partial charge in [-0.2, -0.15) is 0 Å². The first-order valence-electron chi connectivity index (χ1n) is 6.35. The number of aliphatic hydroxyl groups is 1. The van der Waals surface area contributed by atoms with Crippen LogP contribution in [0.1, 0.15) is 28.4 Å². The predicted molar refractivity (Wildman–Crippen MR) is 75.9 cm³/mol. The van der Waals surface area contributed by atoms with E-state index in [0.717, 1.165) is 41.0 Å². The molecule has 0 spiro atoms. The number of fused-ring (bicyclic) bond motifs is 1. The molecule has 3 heteroatoms. The maximum Gasteiger partial charge on any atom is 0.122 e. The zero-order chi connectivity index (χ0) is 13.4. The largest absolute Gasteiger partial charge is 0.493 e. The van der Waals surface area contributed by atoms with Crippen molar-refractivity contribution in [2.24, 2.45) is 0 Å². The summed E-state index contributed by atoms with van der Waals surface area (Å²) in [6.45, 7) is 2.66. The van der Waals surface area contributed by atoms with Crippen molar-refractivity contribution in [3.05, 3.63) is 63.7 Å². The summed E-state index contributed by atoms with van der Waals surface area (Å²) < 4.78 is 5.47. The van der Waals surface area contributed by atoms with E-state index in [4.69, 9.17) is 16.3 Å². The van der Waals surface area contributed by atoms with Gasteiger partial charge in [0.25, 0.3) is 0 Å². The fraction of sp³-hybridized carbons (Fsp3) is 0.250. The van der Waals surface area contributed by atoms with E-state index in [9.17, 15) is 5.11 Å². The SMILES string of the molecule is Cc1cccc(C(O)c2ccc3c(c2)CCO3)c1Cl. The first kappa shape index (κ1) is 12.5. The Hall–Kier alpha value is -1.51. The van der Waals surface area contributed by atoms with E-state index in [1.807, 2.05) is 43.3 Å². The Bertz CT molecular complexity index is 622. The third-order valence-electron chi connectivity index (χ3n) is 3.55. The normalized spacial score (nSPS) is 14.9. The van der Waals surface area contributed by atoms with Gasteiger partial charge < -0.3 is 9.84 Å². The van der Waals surface area contributed by atoms with Crippen molar-refractivity contribution in [1.82, 2.24) is 0 Å². The van der Waals surface area contributed by atoms with E-state index in [1.54, 1.807) is 0 Å². The summed E-state index contributed by atoms with van der Waals surface area (Å²) in [5, 5.41) is 11.1. The first-order valence-corrected chi connectivity index (χ1v) is 6.73. The lowest BCUT2D eigenvalue weighted by atomic mass is 9.97. The lowest BCUT2D eigenvalue weighted by Crippen LogP contribution is -2.01. The van der Waals surface area contributed by atoms with Crippen LogP contribution in [0.25, 0.3) is 0 Å². The highest BCUT2D eigenvalue weighted by atomic mass is 35.5. The standard InChI is InChI=1S/C16H15ClO2/c1-10-3-2-4-13(15(10)17)16(18)12-5-6-14-11(9-12)7-8-19-14/h2-6,9,16,18H,7-8H2,1H3. The molecule has 2 aromatic rings. The van der Waals surface area contributed by atoms with Crippen LogP contribution in [0.4, 0.5) is 0 Å². The molecule has 0 aromatic heterocycles. The summed E-state index contributed by atoms with van der Waals surface area (Å²) in [5.74, 6) is 0.922. The van der Waals surface area contributed by atoms with Crippen molar-refractivity contribution in [2.75, 3.05) is 6.61 Å². The highest BCUT2D eigenvalue weighted by Crippen LogP contribution is 2.33. The van der Waals surface area contributed by atoms with E-state index in [-0.39, 0.29) is 0 Å². The van der Waals surface area contributed by atoms with Crippen LogP contribution in [0.15, 0.2) is 36.4 Å². The number of ether oxygens (including phenoxy) is 1. The quantitative estimate of drug-likeness (QED) is 0.905.